The Balaban J connectivity index is 1.56. The maximum Gasteiger partial charge on any atom is 0.265 e. The van der Waals surface area contributed by atoms with Gasteiger partial charge in [0.25, 0.3) is 5.91 Å². The number of anilines is 2. The van der Waals surface area contributed by atoms with E-state index in [-0.39, 0.29) is 23.6 Å². The fraction of sp³-hybridized carbons (Fsp3) is 0.409. The maximum atomic E-state index is 12.7. The van der Waals surface area contributed by atoms with Crippen molar-refractivity contribution in [2.24, 2.45) is 11.3 Å². The number of carbonyl (C=O) groups excluding carboxylic acids is 3. The molecular formula is C22H27N3O3S. The van der Waals surface area contributed by atoms with Gasteiger partial charge in [-0.2, -0.15) is 0 Å². The van der Waals surface area contributed by atoms with E-state index in [0.717, 1.165) is 12.8 Å². The molecule has 7 heteroatoms. The van der Waals surface area contributed by atoms with Gasteiger partial charge in [-0.1, -0.05) is 26.8 Å². The Morgan fingerprint density at radius 3 is 2.28 bits per heavy atom. The molecule has 0 bridgehead atoms. The molecule has 29 heavy (non-hydrogen) atoms. The second-order valence-corrected chi connectivity index (χ2v) is 9.29. The van der Waals surface area contributed by atoms with Gasteiger partial charge in [-0.05, 0) is 48.6 Å². The number of hydrogen-bond acceptors (Lipinski definition) is 4. The minimum atomic E-state index is -0.443. The summed E-state index contributed by atoms with van der Waals surface area (Å²) in [6, 6.07) is 10.7. The van der Waals surface area contributed by atoms with Crippen molar-refractivity contribution in [2.75, 3.05) is 23.7 Å². The highest BCUT2D eigenvalue weighted by Crippen LogP contribution is 2.25. The number of hydrogen-bond donors (Lipinski definition) is 2. The molecule has 2 heterocycles. The third-order valence-corrected chi connectivity index (χ3v) is 5.74. The third-order valence-electron chi connectivity index (χ3n) is 4.88. The number of rotatable bonds is 4. The Morgan fingerprint density at radius 2 is 1.69 bits per heavy atom. The molecule has 3 rings (SSSR count). The van der Waals surface area contributed by atoms with Gasteiger partial charge in [0.2, 0.25) is 11.8 Å². The van der Waals surface area contributed by atoms with Crippen LogP contribution in [-0.2, 0) is 9.59 Å². The number of carbonyl (C=O) groups is 3. The van der Waals surface area contributed by atoms with Crippen LogP contribution in [0.15, 0.2) is 41.8 Å². The smallest absolute Gasteiger partial charge is 0.265 e. The molecule has 1 saturated heterocycles. The standard InChI is InChI=1S/C22H27N3O3S/c1-22(2,3)21(28)25-12-4-6-15(14-25)19(26)23-16-8-10-17(11-9-16)24-20(27)18-7-5-13-29-18/h5,7-11,13,15H,4,6,12,14H2,1-3H3,(H,23,26)(H,24,27). The van der Waals surface area contributed by atoms with Gasteiger partial charge < -0.3 is 15.5 Å². The van der Waals surface area contributed by atoms with Crippen LogP contribution in [0, 0.1) is 11.3 Å². The van der Waals surface area contributed by atoms with Crippen LogP contribution < -0.4 is 10.6 Å². The Hall–Kier alpha value is -2.67. The van der Waals surface area contributed by atoms with Crippen LogP contribution in [0.3, 0.4) is 0 Å². The topological polar surface area (TPSA) is 78.5 Å². The molecule has 1 fully saturated rings. The summed E-state index contributed by atoms with van der Waals surface area (Å²) in [6.45, 7) is 6.86. The van der Waals surface area contributed by atoms with Gasteiger partial charge in [-0.3, -0.25) is 14.4 Å². The summed E-state index contributed by atoms with van der Waals surface area (Å²) in [7, 11) is 0. The van der Waals surface area contributed by atoms with Crippen LogP contribution in [0.25, 0.3) is 0 Å². The molecule has 6 nitrogen and oxygen atoms in total. The fourth-order valence-corrected chi connectivity index (χ4v) is 3.95. The molecule has 1 aliphatic rings. The number of nitrogens with one attached hydrogen (secondary N) is 2. The van der Waals surface area contributed by atoms with Crippen molar-refractivity contribution in [3.63, 3.8) is 0 Å². The van der Waals surface area contributed by atoms with Crippen LogP contribution in [0.2, 0.25) is 0 Å². The molecule has 1 aliphatic heterocycles. The summed E-state index contributed by atoms with van der Waals surface area (Å²) >= 11 is 1.38. The first kappa shape index (κ1) is 21.0. The largest absolute Gasteiger partial charge is 0.341 e. The van der Waals surface area contributed by atoms with Crippen LogP contribution in [-0.4, -0.2) is 35.7 Å². The zero-order valence-corrected chi connectivity index (χ0v) is 17.8. The summed E-state index contributed by atoms with van der Waals surface area (Å²) in [5.41, 5.74) is 0.895. The highest BCUT2D eigenvalue weighted by atomic mass is 32.1. The molecule has 0 radical (unpaired) electrons. The highest BCUT2D eigenvalue weighted by molar-refractivity contribution is 7.12. The molecule has 1 aromatic heterocycles. The van der Waals surface area contributed by atoms with Gasteiger partial charge in [-0.25, -0.2) is 0 Å². The molecule has 1 unspecified atom stereocenters. The molecule has 0 aliphatic carbocycles. The summed E-state index contributed by atoms with van der Waals surface area (Å²) in [4.78, 5) is 39.8. The summed E-state index contributed by atoms with van der Waals surface area (Å²) in [5.74, 6) is -0.358. The van der Waals surface area contributed by atoms with Crippen molar-refractivity contribution in [3.05, 3.63) is 46.7 Å². The molecule has 2 aromatic rings. The van der Waals surface area contributed by atoms with Crippen LogP contribution in [0.1, 0.15) is 43.3 Å². The van der Waals surface area contributed by atoms with E-state index in [1.165, 1.54) is 11.3 Å². The Bertz CT molecular complexity index is 870. The van der Waals surface area contributed by atoms with Gasteiger partial charge in [0.15, 0.2) is 0 Å². The lowest BCUT2D eigenvalue weighted by Crippen LogP contribution is -2.47. The predicted octanol–water partition coefficient (Wildman–Crippen LogP) is 4.22. The first-order valence-electron chi connectivity index (χ1n) is 9.79. The second kappa shape index (κ2) is 8.78. The summed E-state index contributed by atoms with van der Waals surface area (Å²) in [6.07, 6.45) is 1.60. The van der Waals surface area contributed by atoms with Crippen molar-refractivity contribution >= 4 is 40.4 Å². The predicted molar refractivity (Wildman–Crippen MR) is 116 cm³/mol. The molecule has 1 aromatic carbocycles. The zero-order valence-electron chi connectivity index (χ0n) is 17.0. The fourth-order valence-electron chi connectivity index (χ4n) is 3.33. The van der Waals surface area contributed by atoms with E-state index in [9.17, 15) is 14.4 Å². The van der Waals surface area contributed by atoms with Crippen LogP contribution >= 0.6 is 11.3 Å². The molecular weight excluding hydrogens is 386 g/mol. The lowest BCUT2D eigenvalue weighted by atomic mass is 9.91. The van der Waals surface area contributed by atoms with Crippen LogP contribution in [0.4, 0.5) is 11.4 Å². The van der Waals surface area contributed by atoms with Crippen LogP contribution in [0.5, 0.6) is 0 Å². The lowest BCUT2D eigenvalue weighted by Gasteiger charge is -2.35. The van der Waals surface area contributed by atoms with E-state index in [1.54, 1.807) is 35.2 Å². The normalized spacial score (nSPS) is 16.9. The van der Waals surface area contributed by atoms with Crippen molar-refractivity contribution in [1.82, 2.24) is 4.90 Å². The number of thiophene rings is 1. The van der Waals surface area contributed by atoms with E-state index in [0.29, 0.717) is 29.3 Å². The SMILES string of the molecule is CC(C)(C)C(=O)N1CCCC(C(=O)Nc2ccc(NC(=O)c3cccs3)cc2)C1. The second-order valence-electron chi connectivity index (χ2n) is 8.34. The van der Waals surface area contributed by atoms with Gasteiger partial charge in [0.05, 0.1) is 10.8 Å². The number of likely N-dealkylation sites (tertiary alicyclic amines) is 1. The molecule has 3 amide bonds. The molecule has 1 atom stereocenters. The molecule has 0 spiro atoms. The maximum absolute atomic E-state index is 12.7. The minimum absolute atomic E-state index is 0.0771. The summed E-state index contributed by atoms with van der Waals surface area (Å²) in [5, 5.41) is 7.62. The number of benzene rings is 1. The Kier molecular flexibility index (Phi) is 6.37. The van der Waals surface area contributed by atoms with Gasteiger partial charge >= 0.3 is 0 Å². The third kappa shape index (κ3) is 5.44. The number of amides is 3. The summed E-state index contributed by atoms with van der Waals surface area (Å²) < 4.78 is 0. The van der Waals surface area contributed by atoms with E-state index >= 15 is 0 Å². The van der Waals surface area contributed by atoms with Gasteiger partial charge in [0, 0.05) is 29.9 Å². The molecule has 2 N–H and O–H groups in total. The highest BCUT2D eigenvalue weighted by Gasteiger charge is 2.33. The first-order chi connectivity index (χ1) is 13.7. The number of piperidine rings is 1. The van der Waals surface area contributed by atoms with E-state index in [2.05, 4.69) is 10.6 Å². The Labute approximate surface area is 175 Å². The van der Waals surface area contributed by atoms with E-state index in [4.69, 9.17) is 0 Å². The minimum Gasteiger partial charge on any atom is -0.341 e. The Morgan fingerprint density at radius 1 is 1.03 bits per heavy atom. The van der Waals surface area contributed by atoms with Gasteiger partial charge in [-0.15, -0.1) is 11.3 Å². The monoisotopic (exact) mass is 413 g/mol. The molecule has 0 saturated carbocycles. The molecule has 154 valence electrons. The zero-order chi connectivity index (χ0) is 21.0. The quantitative estimate of drug-likeness (QED) is 0.788. The van der Waals surface area contributed by atoms with E-state index in [1.807, 2.05) is 32.2 Å². The first-order valence-corrected chi connectivity index (χ1v) is 10.7. The van der Waals surface area contributed by atoms with E-state index < -0.39 is 5.41 Å². The van der Waals surface area contributed by atoms with Crippen molar-refractivity contribution in [2.45, 2.75) is 33.6 Å². The number of nitrogens with zero attached hydrogens (tertiary/aromatic N) is 1. The lowest BCUT2D eigenvalue weighted by molar-refractivity contribution is -0.142. The van der Waals surface area contributed by atoms with Crippen molar-refractivity contribution in [1.29, 1.82) is 0 Å². The average Bonchev–Trinajstić information content (AvgIpc) is 3.23. The van der Waals surface area contributed by atoms with Crippen molar-refractivity contribution < 1.29 is 14.4 Å². The average molecular weight is 414 g/mol. The van der Waals surface area contributed by atoms with Crippen molar-refractivity contribution in [3.8, 4) is 0 Å². The van der Waals surface area contributed by atoms with Gasteiger partial charge in [0.1, 0.15) is 0 Å².